The van der Waals surface area contributed by atoms with Gasteiger partial charge in [0, 0.05) is 6.42 Å². The van der Waals surface area contributed by atoms with Crippen molar-refractivity contribution in [1.82, 2.24) is 5.32 Å². The second kappa shape index (κ2) is 46.6. The van der Waals surface area contributed by atoms with Crippen LogP contribution < -0.4 is 10.2 Å². The van der Waals surface area contributed by atoms with Gasteiger partial charge in [-0.15, -0.1) is 0 Å². The number of aliphatic hydroxyl groups excluding tert-OH is 1. The summed E-state index contributed by atoms with van der Waals surface area (Å²) in [6, 6.07) is -0.794. The zero-order valence-corrected chi connectivity index (χ0v) is 44.0. The highest BCUT2D eigenvalue weighted by Crippen LogP contribution is 2.38. The third kappa shape index (κ3) is 49.2. The number of hydrogen-bond donors (Lipinski definition) is 2. The third-order valence-corrected chi connectivity index (χ3v) is 14.1. The molecule has 0 saturated heterocycles. The number of quaternary nitrogens is 1. The average Bonchev–Trinajstić information content (AvgIpc) is 3.24. The number of unbranched alkanes of at least 4 members (excludes halogenated alkanes) is 39. The summed E-state index contributed by atoms with van der Waals surface area (Å²) < 4.78 is 23.4. The molecule has 0 rings (SSSR count). The van der Waals surface area contributed by atoms with Crippen LogP contribution >= 0.6 is 7.82 Å². The molecule has 3 atom stereocenters. The summed E-state index contributed by atoms with van der Waals surface area (Å²) in [5, 5.41) is 14.0. The second-order valence-corrected chi connectivity index (χ2v) is 22.1. The number of likely N-dealkylation sites (N-methyl/N-ethyl adjacent to an activating group) is 1. The Morgan fingerprint density at radius 2 is 0.778 bits per heavy atom. The lowest BCUT2D eigenvalue weighted by atomic mass is 10.0. The molecule has 0 aliphatic carbocycles. The van der Waals surface area contributed by atoms with Gasteiger partial charge in [-0.1, -0.05) is 271 Å². The maximum Gasteiger partial charge on any atom is 0.268 e. The number of carbonyl (C=O) groups excluding carboxylic acids is 1. The van der Waals surface area contributed by atoms with Crippen molar-refractivity contribution in [3.05, 3.63) is 0 Å². The standard InChI is InChI=1S/C54H111N2O6P/c1-6-8-10-12-14-16-18-20-22-24-25-26-27-28-29-30-31-32-34-36-38-40-42-44-46-48-54(58)55-52(51-62-63(59,60)61-50-49-56(3,4)5)53(57)47-45-43-41-39-37-35-33-23-21-19-17-15-13-11-9-7-2/h52-53,57H,6-51H2,1-5H3,(H-,55,58,59,60). The first kappa shape index (κ1) is 62.5. The van der Waals surface area contributed by atoms with Crippen molar-refractivity contribution in [2.45, 2.75) is 302 Å². The molecule has 0 saturated carbocycles. The van der Waals surface area contributed by atoms with E-state index >= 15 is 0 Å². The van der Waals surface area contributed by atoms with Crippen LogP contribution in [0.2, 0.25) is 0 Å². The lowest BCUT2D eigenvalue weighted by molar-refractivity contribution is -0.870. The van der Waals surface area contributed by atoms with E-state index < -0.39 is 20.0 Å². The highest BCUT2D eigenvalue weighted by Gasteiger charge is 2.24. The fraction of sp³-hybridized carbons (Fsp3) is 0.981. The van der Waals surface area contributed by atoms with E-state index in [2.05, 4.69) is 19.2 Å². The first-order valence-electron chi connectivity index (χ1n) is 27.9. The molecule has 0 aliphatic rings. The van der Waals surface area contributed by atoms with Crippen molar-refractivity contribution in [3.8, 4) is 0 Å². The fourth-order valence-electron chi connectivity index (χ4n) is 8.69. The first-order valence-corrected chi connectivity index (χ1v) is 29.3. The van der Waals surface area contributed by atoms with Gasteiger partial charge in [-0.2, -0.15) is 0 Å². The maximum absolute atomic E-state index is 13.0. The summed E-state index contributed by atoms with van der Waals surface area (Å²) in [7, 11) is 1.32. The predicted molar refractivity (Wildman–Crippen MR) is 270 cm³/mol. The lowest BCUT2D eigenvalue weighted by Crippen LogP contribution is -2.46. The number of nitrogens with one attached hydrogen (secondary N) is 1. The Kier molecular flexibility index (Phi) is 46.2. The molecule has 0 aliphatic heterocycles. The number of rotatable bonds is 52. The summed E-state index contributed by atoms with van der Waals surface area (Å²) in [4.78, 5) is 25.5. The van der Waals surface area contributed by atoms with Crippen LogP contribution in [-0.4, -0.2) is 68.5 Å². The largest absolute Gasteiger partial charge is 0.756 e. The van der Waals surface area contributed by atoms with Gasteiger partial charge in [-0.3, -0.25) is 9.36 Å². The summed E-state index contributed by atoms with van der Waals surface area (Å²) in [5.74, 6) is -0.157. The van der Waals surface area contributed by atoms with Gasteiger partial charge in [-0.05, 0) is 12.8 Å². The van der Waals surface area contributed by atoms with Crippen LogP contribution in [0.1, 0.15) is 290 Å². The molecule has 1 amide bonds. The van der Waals surface area contributed by atoms with Crippen LogP contribution in [0, 0.1) is 0 Å². The minimum atomic E-state index is -4.56. The number of carbonyl (C=O) groups is 1. The molecule has 0 spiro atoms. The van der Waals surface area contributed by atoms with E-state index in [0.717, 1.165) is 38.5 Å². The molecule has 0 radical (unpaired) electrons. The molecule has 378 valence electrons. The van der Waals surface area contributed by atoms with Crippen molar-refractivity contribution in [2.24, 2.45) is 0 Å². The van der Waals surface area contributed by atoms with E-state index in [9.17, 15) is 19.4 Å². The quantitative estimate of drug-likeness (QED) is 0.0357. The molecule has 63 heavy (non-hydrogen) atoms. The van der Waals surface area contributed by atoms with E-state index in [-0.39, 0.29) is 19.1 Å². The van der Waals surface area contributed by atoms with Crippen molar-refractivity contribution < 1.29 is 32.9 Å². The molecule has 3 unspecified atom stereocenters. The van der Waals surface area contributed by atoms with Gasteiger partial charge in [0.25, 0.3) is 7.82 Å². The number of phosphoric acid groups is 1. The predicted octanol–water partition coefficient (Wildman–Crippen LogP) is 15.9. The SMILES string of the molecule is CCCCCCCCCCCCCCCCCCCCCCCCCCCC(=O)NC(COP(=O)([O-])OCC[N+](C)(C)C)C(O)CCCCCCCCCCCCCCCCCC. The summed E-state index contributed by atoms with van der Waals surface area (Å²) in [6.07, 6.45) is 54.1. The van der Waals surface area contributed by atoms with Gasteiger partial charge in [-0.25, -0.2) is 0 Å². The number of phosphoric ester groups is 1. The Balaban J connectivity index is 4.10. The highest BCUT2D eigenvalue weighted by molar-refractivity contribution is 7.45. The normalized spacial score (nSPS) is 14.0. The molecule has 0 aromatic rings. The molecule has 0 bridgehead atoms. The lowest BCUT2D eigenvalue weighted by Gasteiger charge is -2.30. The molecule has 0 aromatic heterocycles. The van der Waals surface area contributed by atoms with Crippen molar-refractivity contribution >= 4 is 13.7 Å². The first-order chi connectivity index (χ1) is 30.5. The molecule has 2 N–H and O–H groups in total. The minimum absolute atomic E-state index is 0.0165. The molecule has 0 aromatic carbocycles. The minimum Gasteiger partial charge on any atom is -0.756 e. The van der Waals surface area contributed by atoms with Crippen molar-refractivity contribution in [1.29, 1.82) is 0 Å². The van der Waals surface area contributed by atoms with Crippen molar-refractivity contribution in [2.75, 3.05) is 40.9 Å². The van der Waals surface area contributed by atoms with Gasteiger partial charge in [0.15, 0.2) is 0 Å². The Morgan fingerprint density at radius 1 is 0.492 bits per heavy atom. The molecule has 0 fully saturated rings. The van der Waals surface area contributed by atoms with E-state index in [1.165, 1.54) is 225 Å². The summed E-state index contributed by atoms with van der Waals surface area (Å²) >= 11 is 0. The van der Waals surface area contributed by atoms with Crippen LogP contribution in [0.15, 0.2) is 0 Å². The van der Waals surface area contributed by atoms with Gasteiger partial charge in [0.2, 0.25) is 5.91 Å². The average molecular weight is 915 g/mol. The fourth-order valence-corrected chi connectivity index (χ4v) is 9.41. The summed E-state index contributed by atoms with van der Waals surface area (Å²) in [6.45, 7) is 4.77. The monoisotopic (exact) mass is 915 g/mol. The van der Waals surface area contributed by atoms with Gasteiger partial charge >= 0.3 is 0 Å². The van der Waals surface area contributed by atoms with E-state index in [4.69, 9.17) is 9.05 Å². The van der Waals surface area contributed by atoms with E-state index in [1.807, 2.05) is 21.1 Å². The van der Waals surface area contributed by atoms with Crippen LogP contribution in [0.4, 0.5) is 0 Å². The Labute approximate surface area is 393 Å². The number of hydrogen-bond acceptors (Lipinski definition) is 6. The van der Waals surface area contributed by atoms with E-state index in [0.29, 0.717) is 23.9 Å². The molecule has 8 nitrogen and oxygen atoms in total. The molecule has 0 heterocycles. The van der Waals surface area contributed by atoms with Crippen LogP contribution in [0.25, 0.3) is 0 Å². The second-order valence-electron chi connectivity index (χ2n) is 20.7. The highest BCUT2D eigenvalue weighted by atomic mass is 31.2. The Bertz CT molecular complexity index is 994. The van der Waals surface area contributed by atoms with Crippen LogP contribution in [0.5, 0.6) is 0 Å². The van der Waals surface area contributed by atoms with E-state index in [1.54, 1.807) is 0 Å². The third-order valence-electron chi connectivity index (χ3n) is 13.1. The van der Waals surface area contributed by atoms with Crippen LogP contribution in [-0.2, 0) is 18.4 Å². The number of nitrogens with zero attached hydrogens (tertiary/aromatic N) is 1. The maximum atomic E-state index is 13.0. The number of amides is 1. The summed E-state index contributed by atoms with van der Waals surface area (Å²) in [5.41, 5.74) is 0. The van der Waals surface area contributed by atoms with Gasteiger partial charge < -0.3 is 28.8 Å². The zero-order valence-electron chi connectivity index (χ0n) is 43.1. The zero-order chi connectivity index (χ0) is 46.4. The smallest absolute Gasteiger partial charge is 0.268 e. The molecule has 9 heteroatoms. The van der Waals surface area contributed by atoms with Crippen LogP contribution in [0.3, 0.4) is 0 Å². The van der Waals surface area contributed by atoms with Gasteiger partial charge in [0.05, 0.1) is 39.9 Å². The topological polar surface area (TPSA) is 108 Å². The Hall–Kier alpha value is -0.500. The molecular formula is C54H111N2O6P. The van der Waals surface area contributed by atoms with Crippen molar-refractivity contribution in [3.63, 3.8) is 0 Å². The number of aliphatic hydroxyl groups is 1. The van der Waals surface area contributed by atoms with Gasteiger partial charge in [0.1, 0.15) is 13.2 Å². The Morgan fingerprint density at radius 3 is 1.08 bits per heavy atom. The molecular weight excluding hydrogens is 804 g/mol.